The van der Waals surface area contributed by atoms with Crippen LogP contribution in [0.5, 0.6) is 0 Å². The van der Waals surface area contributed by atoms with Crippen LogP contribution in [0.4, 0.5) is 5.69 Å². The molecule has 1 N–H and O–H groups in total. The first-order chi connectivity index (χ1) is 19.1. The van der Waals surface area contributed by atoms with Crippen LogP contribution in [-0.4, -0.2) is 69.9 Å². The second kappa shape index (κ2) is 12.6. The van der Waals surface area contributed by atoms with Crippen molar-refractivity contribution in [3.05, 3.63) is 54.4 Å². The lowest BCUT2D eigenvalue weighted by molar-refractivity contribution is -0.270. The molecule has 1 aliphatic heterocycles. The van der Waals surface area contributed by atoms with Gasteiger partial charge in [0.1, 0.15) is 18.4 Å². The number of carbonyl (C=O) groups excluding carboxylic acids is 4. The summed E-state index contributed by atoms with van der Waals surface area (Å²) in [5, 5.41) is 13.8. The van der Waals surface area contributed by atoms with E-state index in [0.29, 0.717) is 12.2 Å². The van der Waals surface area contributed by atoms with Gasteiger partial charge in [0, 0.05) is 38.8 Å². The van der Waals surface area contributed by atoms with Crippen molar-refractivity contribution < 1.29 is 42.9 Å². The Bertz CT molecular complexity index is 1390. The van der Waals surface area contributed by atoms with Crippen LogP contribution in [0.2, 0.25) is 0 Å². The predicted molar refractivity (Wildman–Crippen MR) is 139 cm³/mol. The maximum atomic E-state index is 12.1. The minimum absolute atomic E-state index is 0.305. The summed E-state index contributed by atoms with van der Waals surface area (Å²) in [5.41, 5.74) is 1.43. The number of nitrogens with zero attached hydrogens (tertiary/aromatic N) is 3. The van der Waals surface area contributed by atoms with Gasteiger partial charge in [0.05, 0.1) is 12.7 Å². The molecule has 0 unspecified atom stereocenters. The monoisotopic (exact) mass is 554 g/mol. The summed E-state index contributed by atoms with van der Waals surface area (Å²) < 4.78 is 28.9. The second-order valence-electron chi connectivity index (χ2n) is 9.16. The van der Waals surface area contributed by atoms with Crippen LogP contribution >= 0.6 is 0 Å². The van der Waals surface area contributed by atoms with Gasteiger partial charge in [-0.2, -0.15) is 0 Å². The number of anilines is 1. The molecule has 0 saturated carbocycles. The van der Waals surface area contributed by atoms with E-state index in [1.54, 1.807) is 6.20 Å². The molecule has 3 aromatic rings. The fraction of sp³-hybridized carbons (Fsp3) is 0.407. The van der Waals surface area contributed by atoms with Crippen molar-refractivity contribution in [2.45, 2.75) is 64.9 Å². The van der Waals surface area contributed by atoms with Gasteiger partial charge in [0.15, 0.2) is 24.5 Å². The first-order valence-electron chi connectivity index (χ1n) is 12.5. The summed E-state index contributed by atoms with van der Waals surface area (Å²) in [6.45, 7) is 4.67. The Kier molecular flexibility index (Phi) is 8.94. The molecule has 1 aliphatic rings. The van der Waals surface area contributed by atoms with E-state index >= 15 is 0 Å². The third-order valence-corrected chi connectivity index (χ3v) is 6.03. The number of hydrogen-bond acceptors (Lipinski definition) is 12. The molecular weight excluding hydrogens is 524 g/mol. The number of benzene rings is 2. The van der Waals surface area contributed by atoms with Crippen molar-refractivity contribution in [3.8, 4) is 0 Å². The van der Waals surface area contributed by atoms with E-state index in [0.717, 1.165) is 30.3 Å². The number of carbonyl (C=O) groups is 4. The zero-order chi connectivity index (χ0) is 28.8. The molecule has 2 aromatic carbocycles. The zero-order valence-electron chi connectivity index (χ0n) is 22.4. The highest BCUT2D eigenvalue weighted by atomic mass is 16.7. The summed E-state index contributed by atoms with van der Waals surface area (Å²) in [4.78, 5) is 47.6. The van der Waals surface area contributed by atoms with Crippen LogP contribution in [0.15, 0.2) is 48.7 Å². The lowest BCUT2D eigenvalue weighted by atomic mass is 9.97. The topological polar surface area (TPSA) is 157 Å². The highest BCUT2D eigenvalue weighted by Crippen LogP contribution is 2.34. The highest BCUT2D eigenvalue weighted by Gasteiger charge is 2.53. The van der Waals surface area contributed by atoms with E-state index in [1.165, 1.54) is 18.5 Å². The summed E-state index contributed by atoms with van der Waals surface area (Å²) >= 11 is 0. The first-order valence-corrected chi connectivity index (χ1v) is 12.5. The molecule has 0 aliphatic carbocycles. The Morgan fingerprint density at radius 2 is 1.50 bits per heavy atom. The Hall–Kier alpha value is -4.52. The van der Waals surface area contributed by atoms with Gasteiger partial charge >= 0.3 is 23.9 Å². The van der Waals surface area contributed by atoms with Crippen molar-refractivity contribution >= 4 is 40.3 Å². The lowest BCUT2D eigenvalue weighted by Crippen LogP contribution is -2.60. The Morgan fingerprint density at radius 1 is 0.850 bits per heavy atom. The van der Waals surface area contributed by atoms with Crippen molar-refractivity contribution in [2.24, 2.45) is 0 Å². The van der Waals surface area contributed by atoms with Gasteiger partial charge in [0.2, 0.25) is 0 Å². The molecular formula is C27H30N4O9. The summed E-state index contributed by atoms with van der Waals surface area (Å²) in [6, 6.07) is 13.8. The average Bonchev–Trinajstić information content (AvgIpc) is 3.36. The number of nitrogens with one attached hydrogen (secondary N) is 1. The summed E-state index contributed by atoms with van der Waals surface area (Å²) in [7, 11) is 0. The molecule has 5 atom stereocenters. The number of aromatic nitrogens is 3. The number of fused-ring (bicyclic) bond motifs is 1. The van der Waals surface area contributed by atoms with Crippen molar-refractivity contribution in [1.29, 1.82) is 0 Å². The van der Waals surface area contributed by atoms with Gasteiger partial charge in [-0.3, -0.25) is 19.2 Å². The zero-order valence-corrected chi connectivity index (χ0v) is 22.4. The average molecular weight is 555 g/mol. The van der Waals surface area contributed by atoms with Crippen LogP contribution in [0.25, 0.3) is 10.8 Å². The number of esters is 4. The van der Waals surface area contributed by atoms with Gasteiger partial charge in [-0.25, -0.2) is 4.68 Å². The SMILES string of the molecule is CC(=O)OC[C@H]1O[C@@H](n2cc(CNc3cccc4ccccc34)nn2)[C@H](OC(C)=O)[C@@H](OC(C)=O)[C@@H]1OC(C)=O. The normalized spacial score (nSPS) is 22.2. The number of hydrogen-bond donors (Lipinski definition) is 1. The van der Waals surface area contributed by atoms with E-state index in [4.69, 9.17) is 23.7 Å². The molecule has 1 fully saturated rings. The molecule has 0 radical (unpaired) electrons. The van der Waals surface area contributed by atoms with E-state index in [1.807, 2.05) is 42.5 Å². The fourth-order valence-electron chi connectivity index (χ4n) is 4.50. The Labute approximate surface area is 229 Å². The van der Waals surface area contributed by atoms with Crippen molar-refractivity contribution in [3.63, 3.8) is 0 Å². The molecule has 40 heavy (non-hydrogen) atoms. The maximum Gasteiger partial charge on any atom is 0.303 e. The molecule has 0 bridgehead atoms. The third kappa shape index (κ3) is 6.91. The molecule has 13 nitrogen and oxygen atoms in total. The summed E-state index contributed by atoms with van der Waals surface area (Å²) in [6.07, 6.45) is -4.50. The molecule has 212 valence electrons. The molecule has 2 heterocycles. The van der Waals surface area contributed by atoms with Gasteiger partial charge in [-0.1, -0.05) is 41.6 Å². The molecule has 0 amide bonds. The van der Waals surface area contributed by atoms with Crippen molar-refractivity contribution in [1.82, 2.24) is 15.0 Å². The largest absolute Gasteiger partial charge is 0.463 e. The van der Waals surface area contributed by atoms with Crippen LogP contribution in [0.1, 0.15) is 39.6 Å². The van der Waals surface area contributed by atoms with Gasteiger partial charge in [-0.15, -0.1) is 5.10 Å². The number of ether oxygens (including phenoxy) is 5. The predicted octanol–water partition coefficient (Wildman–Crippen LogP) is 2.30. The second-order valence-corrected chi connectivity index (χ2v) is 9.16. The lowest BCUT2D eigenvalue weighted by Gasteiger charge is -2.44. The van der Waals surface area contributed by atoms with E-state index in [-0.39, 0.29) is 6.61 Å². The smallest absolute Gasteiger partial charge is 0.303 e. The van der Waals surface area contributed by atoms with E-state index in [9.17, 15) is 19.2 Å². The molecule has 13 heteroatoms. The summed E-state index contributed by atoms with van der Waals surface area (Å²) in [5.74, 6) is -2.73. The van der Waals surface area contributed by atoms with Gasteiger partial charge < -0.3 is 29.0 Å². The standard InChI is InChI=1S/C27H30N4O9/c1-15(32)36-14-23-24(37-16(2)33)25(38-17(3)34)26(39-18(4)35)27(40-23)31-13-20(29-30-31)12-28-22-11-7-9-19-8-5-6-10-21(19)22/h5-11,13,23-28H,12,14H2,1-4H3/t23-,24-,25+,26-,27-/m1/s1. The maximum absolute atomic E-state index is 12.1. The molecule has 0 spiro atoms. The molecule has 1 saturated heterocycles. The highest BCUT2D eigenvalue weighted by molar-refractivity contribution is 5.93. The molecule has 4 rings (SSSR count). The van der Waals surface area contributed by atoms with Crippen LogP contribution < -0.4 is 5.32 Å². The molecule has 1 aromatic heterocycles. The minimum atomic E-state index is -1.30. The van der Waals surface area contributed by atoms with Crippen LogP contribution in [-0.2, 0) is 49.4 Å². The Morgan fingerprint density at radius 3 is 2.20 bits per heavy atom. The number of rotatable bonds is 9. The van der Waals surface area contributed by atoms with Crippen LogP contribution in [0, 0.1) is 0 Å². The van der Waals surface area contributed by atoms with E-state index < -0.39 is 54.5 Å². The minimum Gasteiger partial charge on any atom is -0.463 e. The first kappa shape index (κ1) is 28.5. The quantitative estimate of drug-likeness (QED) is 0.304. The van der Waals surface area contributed by atoms with Crippen molar-refractivity contribution in [2.75, 3.05) is 11.9 Å². The van der Waals surface area contributed by atoms with E-state index in [2.05, 4.69) is 15.6 Å². The van der Waals surface area contributed by atoms with Gasteiger partial charge in [-0.05, 0) is 11.5 Å². The Balaban J connectivity index is 1.63. The van der Waals surface area contributed by atoms with Gasteiger partial charge in [0.25, 0.3) is 0 Å². The third-order valence-electron chi connectivity index (χ3n) is 6.03. The van der Waals surface area contributed by atoms with Crippen LogP contribution in [0.3, 0.4) is 0 Å². The fourth-order valence-corrected chi connectivity index (χ4v) is 4.50.